The van der Waals surface area contributed by atoms with Crippen LogP contribution in [0.1, 0.15) is 25.3 Å². The highest BCUT2D eigenvalue weighted by molar-refractivity contribution is 7.80. The predicted octanol–water partition coefficient (Wildman–Crippen LogP) is 2.54. The van der Waals surface area contributed by atoms with Crippen molar-refractivity contribution < 1.29 is 19.1 Å². The molecule has 0 unspecified atom stereocenters. The van der Waals surface area contributed by atoms with E-state index in [0.717, 1.165) is 5.56 Å². The van der Waals surface area contributed by atoms with E-state index in [9.17, 15) is 14.4 Å². The smallest absolute Gasteiger partial charge is 0.250 e. The maximum atomic E-state index is 12.0. The molecule has 8 nitrogen and oxygen atoms in total. The zero-order valence-corrected chi connectivity index (χ0v) is 17.8. The molecule has 0 radical (unpaired) electrons. The number of benzene rings is 2. The van der Waals surface area contributed by atoms with Crippen LogP contribution in [-0.4, -0.2) is 29.4 Å². The van der Waals surface area contributed by atoms with Crippen LogP contribution in [0.25, 0.3) is 6.08 Å². The Morgan fingerprint density at radius 3 is 2.29 bits per heavy atom. The summed E-state index contributed by atoms with van der Waals surface area (Å²) in [7, 11) is 0. The maximum Gasteiger partial charge on any atom is 0.250 e. The number of hydrazine groups is 1. The predicted molar refractivity (Wildman–Crippen MR) is 123 cm³/mol. The lowest BCUT2D eigenvalue weighted by Crippen LogP contribution is -2.48. The van der Waals surface area contributed by atoms with E-state index in [1.165, 1.54) is 6.08 Å². The van der Waals surface area contributed by atoms with Gasteiger partial charge in [-0.15, -0.1) is 0 Å². The average Bonchev–Trinajstić information content (AvgIpc) is 2.77. The van der Waals surface area contributed by atoms with Crippen molar-refractivity contribution >= 4 is 46.8 Å². The summed E-state index contributed by atoms with van der Waals surface area (Å²) < 4.78 is 5.34. The molecule has 0 saturated heterocycles. The molecule has 0 aliphatic carbocycles. The van der Waals surface area contributed by atoms with E-state index >= 15 is 0 Å². The summed E-state index contributed by atoms with van der Waals surface area (Å²) in [4.78, 5) is 35.6. The van der Waals surface area contributed by atoms with Crippen LogP contribution in [0.3, 0.4) is 0 Å². The molecule has 0 aliphatic heterocycles. The molecule has 0 atom stereocenters. The van der Waals surface area contributed by atoms with E-state index in [4.69, 9.17) is 17.0 Å². The zero-order valence-electron chi connectivity index (χ0n) is 17.0. The van der Waals surface area contributed by atoms with E-state index in [-0.39, 0.29) is 23.9 Å². The SMILES string of the molecule is CCOc1ccc(NC(=O)CCC(=O)NNC(=S)NC(=O)/C=C/c2ccccc2)cc1. The van der Waals surface area contributed by atoms with Gasteiger partial charge in [-0.2, -0.15) is 0 Å². The lowest BCUT2D eigenvalue weighted by molar-refractivity contribution is -0.124. The van der Waals surface area contributed by atoms with Crippen molar-refractivity contribution in [2.24, 2.45) is 0 Å². The van der Waals surface area contributed by atoms with Crippen molar-refractivity contribution in [3.63, 3.8) is 0 Å². The molecule has 0 fully saturated rings. The Bertz CT molecular complexity index is 930. The molecular weight excluding hydrogens is 416 g/mol. The Kier molecular flexibility index (Phi) is 9.70. The van der Waals surface area contributed by atoms with Crippen LogP contribution in [0.5, 0.6) is 5.75 Å². The largest absolute Gasteiger partial charge is 0.494 e. The Morgan fingerprint density at radius 1 is 0.935 bits per heavy atom. The molecule has 31 heavy (non-hydrogen) atoms. The van der Waals surface area contributed by atoms with Crippen molar-refractivity contribution in [2.45, 2.75) is 19.8 Å². The van der Waals surface area contributed by atoms with Gasteiger partial charge in [0.05, 0.1) is 6.61 Å². The number of anilines is 1. The lowest BCUT2D eigenvalue weighted by atomic mass is 10.2. The fraction of sp³-hybridized carbons (Fsp3) is 0.182. The standard InChI is InChI=1S/C22H24N4O4S/c1-2-30-18-11-9-17(10-12-18)23-19(27)14-15-21(29)25-26-22(31)24-20(28)13-8-16-6-4-3-5-7-16/h3-13H,2,14-15H2,1H3,(H,23,27)(H,25,29)(H2,24,26,28,31)/b13-8+. The fourth-order valence-electron chi connectivity index (χ4n) is 2.36. The van der Waals surface area contributed by atoms with Crippen molar-refractivity contribution in [1.29, 1.82) is 0 Å². The zero-order chi connectivity index (χ0) is 22.5. The van der Waals surface area contributed by atoms with Crippen LogP contribution < -0.4 is 26.2 Å². The van der Waals surface area contributed by atoms with Gasteiger partial charge in [-0.25, -0.2) is 0 Å². The van der Waals surface area contributed by atoms with Crippen LogP contribution in [0.15, 0.2) is 60.7 Å². The number of hydrogen-bond donors (Lipinski definition) is 4. The van der Waals surface area contributed by atoms with Gasteiger partial charge in [-0.05, 0) is 55.0 Å². The summed E-state index contributed by atoms with van der Waals surface area (Å²) in [5.74, 6) is -0.477. The minimum Gasteiger partial charge on any atom is -0.494 e. The second-order valence-corrected chi connectivity index (χ2v) is 6.65. The van der Waals surface area contributed by atoms with Gasteiger partial charge in [0.2, 0.25) is 17.7 Å². The monoisotopic (exact) mass is 440 g/mol. The normalized spacial score (nSPS) is 10.2. The van der Waals surface area contributed by atoms with Gasteiger partial charge in [0.15, 0.2) is 5.11 Å². The van der Waals surface area contributed by atoms with Gasteiger partial charge in [-0.3, -0.25) is 30.6 Å². The van der Waals surface area contributed by atoms with Crippen molar-refractivity contribution in [1.82, 2.24) is 16.2 Å². The van der Waals surface area contributed by atoms with Crippen LogP contribution in [0, 0.1) is 0 Å². The Balaban J connectivity index is 1.64. The first-order valence-electron chi connectivity index (χ1n) is 9.62. The number of rotatable bonds is 8. The van der Waals surface area contributed by atoms with Gasteiger partial charge in [0.1, 0.15) is 5.75 Å². The maximum absolute atomic E-state index is 12.0. The van der Waals surface area contributed by atoms with E-state index in [0.29, 0.717) is 18.0 Å². The molecule has 0 spiro atoms. The van der Waals surface area contributed by atoms with E-state index in [1.54, 1.807) is 30.3 Å². The van der Waals surface area contributed by atoms with Crippen LogP contribution in [-0.2, 0) is 14.4 Å². The molecule has 4 N–H and O–H groups in total. The highest BCUT2D eigenvalue weighted by Crippen LogP contribution is 2.15. The second-order valence-electron chi connectivity index (χ2n) is 6.24. The lowest BCUT2D eigenvalue weighted by Gasteiger charge is -2.10. The number of hydrogen-bond acceptors (Lipinski definition) is 5. The molecule has 9 heteroatoms. The molecule has 0 bridgehead atoms. The van der Waals surface area contributed by atoms with Crippen LogP contribution in [0.2, 0.25) is 0 Å². The Hall–Kier alpha value is -3.72. The summed E-state index contributed by atoms with van der Waals surface area (Å²) in [6.45, 7) is 2.45. The molecule has 162 valence electrons. The number of ether oxygens (including phenoxy) is 1. The quantitative estimate of drug-likeness (QED) is 0.285. The third-order valence-electron chi connectivity index (χ3n) is 3.81. The van der Waals surface area contributed by atoms with Gasteiger partial charge >= 0.3 is 0 Å². The van der Waals surface area contributed by atoms with Crippen molar-refractivity contribution in [2.75, 3.05) is 11.9 Å². The van der Waals surface area contributed by atoms with Gasteiger partial charge < -0.3 is 10.1 Å². The third kappa shape index (κ3) is 9.55. The first-order chi connectivity index (χ1) is 15.0. The van der Waals surface area contributed by atoms with Crippen molar-refractivity contribution in [3.05, 3.63) is 66.2 Å². The van der Waals surface area contributed by atoms with Gasteiger partial charge in [-0.1, -0.05) is 30.3 Å². The highest BCUT2D eigenvalue weighted by atomic mass is 32.1. The fourth-order valence-corrected chi connectivity index (χ4v) is 2.51. The number of carbonyl (C=O) groups excluding carboxylic acids is 3. The van der Waals surface area contributed by atoms with E-state index in [2.05, 4.69) is 21.5 Å². The molecule has 2 aromatic carbocycles. The highest BCUT2D eigenvalue weighted by Gasteiger charge is 2.08. The minimum atomic E-state index is -0.446. The topological polar surface area (TPSA) is 109 Å². The molecule has 3 amide bonds. The molecule has 2 aromatic rings. The number of nitrogens with one attached hydrogen (secondary N) is 4. The Morgan fingerprint density at radius 2 is 1.61 bits per heavy atom. The van der Waals surface area contributed by atoms with E-state index < -0.39 is 11.8 Å². The van der Waals surface area contributed by atoms with E-state index in [1.807, 2.05) is 37.3 Å². The third-order valence-corrected chi connectivity index (χ3v) is 4.01. The summed E-state index contributed by atoms with van der Waals surface area (Å²) in [6.07, 6.45) is 2.90. The Labute approximate surface area is 186 Å². The number of amides is 3. The first kappa shape index (κ1) is 23.6. The van der Waals surface area contributed by atoms with Gasteiger partial charge in [0, 0.05) is 24.6 Å². The molecule has 2 rings (SSSR count). The van der Waals surface area contributed by atoms with Crippen LogP contribution in [0.4, 0.5) is 5.69 Å². The number of carbonyl (C=O) groups is 3. The molecular formula is C22H24N4O4S. The summed E-state index contributed by atoms with van der Waals surface area (Å²) in [6, 6.07) is 16.2. The molecule has 0 heterocycles. The van der Waals surface area contributed by atoms with Crippen molar-refractivity contribution in [3.8, 4) is 5.75 Å². The molecule has 0 aromatic heterocycles. The second kappa shape index (κ2) is 12.8. The first-order valence-corrected chi connectivity index (χ1v) is 10.0. The molecule has 0 aliphatic rings. The summed E-state index contributed by atoms with van der Waals surface area (Å²) in [5.41, 5.74) is 6.24. The summed E-state index contributed by atoms with van der Waals surface area (Å²) in [5, 5.41) is 5.05. The van der Waals surface area contributed by atoms with Crippen LogP contribution >= 0.6 is 12.2 Å². The molecule has 0 saturated carbocycles. The minimum absolute atomic E-state index is 0.0142. The summed E-state index contributed by atoms with van der Waals surface area (Å²) >= 11 is 4.95. The average molecular weight is 441 g/mol. The van der Waals surface area contributed by atoms with Gasteiger partial charge in [0.25, 0.3) is 0 Å². The number of thiocarbonyl (C=S) groups is 1.